The van der Waals surface area contributed by atoms with Crippen LogP contribution in [0.1, 0.15) is 32.0 Å². The van der Waals surface area contributed by atoms with E-state index in [2.05, 4.69) is 5.32 Å². The predicted molar refractivity (Wildman–Crippen MR) is 140 cm³/mol. The molecule has 1 N–H and O–H groups in total. The molecule has 2 amide bonds. The zero-order chi connectivity index (χ0) is 26.4. The first-order valence-corrected chi connectivity index (χ1v) is 11.7. The van der Waals surface area contributed by atoms with E-state index in [0.717, 1.165) is 11.3 Å². The fourth-order valence-corrected chi connectivity index (χ4v) is 3.97. The van der Waals surface area contributed by atoms with Crippen molar-refractivity contribution in [1.82, 2.24) is 4.90 Å². The second-order valence-electron chi connectivity index (χ2n) is 8.67. The Morgan fingerprint density at radius 2 is 1.70 bits per heavy atom. The van der Waals surface area contributed by atoms with Crippen molar-refractivity contribution >= 4 is 23.2 Å². The molecule has 0 unspecified atom stereocenters. The van der Waals surface area contributed by atoms with E-state index in [4.69, 9.17) is 9.15 Å². The summed E-state index contributed by atoms with van der Waals surface area (Å²) in [6.45, 7) is 0.507. The van der Waals surface area contributed by atoms with Gasteiger partial charge in [-0.1, -0.05) is 6.07 Å². The highest BCUT2D eigenvalue weighted by molar-refractivity contribution is 6.04. The molecule has 1 aromatic heterocycles. The van der Waals surface area contributed by atoms with Gasteiger partial charge in [0.05, 0.1) is 19.9 Å². The van der Waals surface area contributed by atoms with Crippen LogP contribution in [0.3, 0.4) is 0 Å². The highest BCUT2D eigenvalue weighted by Gasteiger charge is 2.20. The lowest BCUT2D eigenvalue weighted by molar-refractivity contribution is 0.0717. The Morgan fingerprint density at radius 1 is 0.919 bits per heavy atom. The monoisotopic (exact) mass is 501 g/mol. The highest BCUT2D eigenvalue weighted by atomic mass is 19.1. The van der Waals surface area contributed by atoms with E-state index in [1.807, 2.05) is 37.2 Å². The summed E-state index contributed by atoms with van der Waals surface area (Å²) in [4.78, 5) is 29.9. The van der Waals surface area contributed by atoms with Crippen molar-refractivity contribution in [3.05, 3.63) is 113 Å². The van der Waals surface area contributed by atoms with Crippen molar-refractivity contribution < 1.29 is 23.1 Å². The summed E-state index contributed by atoms with van der Waals surface area (Å²) < 4.78 is 24.3. The first-order chi connectivity index (χ1) is 17.8. The van der Waals surface area contributed by atoms with E-state index in [-0.39, 0.29) is 24.6 Å². The van der Waals surface area contributed by atoms with Crippen LogP contribution in [-0.2, 0) is 13.1 Å². The number of rotatable bonds is 9. The molecular formula is C29H28FN3O4. The number of carbonyl (C=O) groups excluding carboxylic acids is 2. The number of nitrogens with one attached hydrogen (secondary N) is 1. The van der Waals surface area contributed by atoms with E-state index in [0.29, 0.717) is 22.8 Å². The molecule has 0 aliphatic rings. The number of amides is 2. The second kappa shape index (κ2) is 11.4. The topological polar surface area (TPSA) is 75.0 Å². The van der Waals surface area contributed by atoms with E-state index >= 15 is 0 Å². The van der Waals surface area contributed by atoms with Crippen molar-refractivity contribution in [3.8, 4) is 5.75 Å². The van der Waals surface area contributed by atoms with Crippen LogP contribution >= 0.6 is 0 Å². The maximum absolute atomic E-state index is 13.6. The van der Waals surface area contributed by atoms with Crippen LogP contribution in [0, 0.1) is 5.82 Å². The number of hydrogen-bond acceptors (Lipinski definition) is 5. The van der Waals surface area contributed by atoms with Crippen molar-refractivity contribution in [3.63, 3.8) is 0 Å². The lowest BCUT2D eigenvalue weighted by Gasteiger charge is -2.26. The smallest absolute Gasteiger partial charge is 0.255 e. The second-order valence-corrected chi connectivity index (χ2v) is 8.67. The average Bonchev–Trinajstić information content (AvgIpc) is 3.41. The molecule has 0 radical (unpaired) electrons. The molecule has 190 valence electrons. The summed E-state index contributed by atoms with van der Waals surface area (Å²) in [5.74, 6) is 0.208. The van der Waals surface area contributed by atoms with E-state index in [9.17, 15) is 14.0 Å². The van der Waals surface area contributed by atoms with Crippen LogP contribution < -0.4 is 15.0 Å². The number of methoxy groups -OCH3 is 1. The molecule has 4 rings (SSSR count). The molecule has 0 atom stereocenters. The third kappa shape index (κ3) is 6.35. The molecule has 7 nitrogen and oxygen atoms in total. The van der Waals surface area contributed by atoms with Crippen molar-refractivity contribution in [2.45, 2.75) is 13.1 Å². The fourth-order valence-electron chi connectivity index (χ4n) is 3.97. The third-order valence-electron chi connectivity index (χ3n) is 5.82. The van der Waals surface area contributed by atoms with Crippen LogP contribution in [0.25, 0.3) is 0 Å². The van der Waals surface area contributed by atoms with Gasteiger partial charge < -0.3 is 24.3 Å². The highest BCUT2D eigenvalue weighted by Crippen LogP contribution is 2.27. The van der Waals surface area contributed by atoms with Gasteiger partial charge in [-0.15, -0.1) is 0 Å². The molecule has 0 aliphatic heterocycles. The number of carbonyl (C=O) groups is 2. The molecule has 1 heterocycles. The van der Waals surface area contributed by atoms with Crippen LogP contribution in [0.15, 0.2) is 89.5 Å². The first kappa shape index (κ1) is 25.5. The summed E-state index contributed by atoms with van der Waals surface area (Å²) in [5.41, 5.74) is 2.96. The number of anilines is 2. The van der Waals surface area contributed by atoms with Crippen LogP contribution in [0.2, 0.25) is 0 Å². The number of benzene rings is 3. The molecule has 3 aromatic carbocycles. The van der Waals surface area contributed by atoms with E-state index in [1.54, 1.807) is 60.7 Å². The van der Waals surface area contributed by atoms with Gasteiger partial charge in [-0.25, -0.2) is 4.39 Å². The quantitative estimate of drug-likeness (QED) is 0.324. The van der Waals surface area contributed by atoms with Gasteiger partial charge in [0, 0.05) is 43.1 Å². The number of halogens is 1. The standard InChI is InChI=1S/C29H28FN3O4/c1-32(2)27-14-11-24(31-28(34)21-6-4-7-23(30)16-21)17-22(27)18-33(19-26-8-5-15-37-26)29(35)20-9-12-25(36-3)13-10-20/h4-17H,18-19H2,1-3H3,(H,31,34). The predicted octanol–water partition coefficient (Wildman–Crippen LogP) is 5.59. The third-order valence-corrected chi connectivity index (χ3v) is 5.82. The van der Waals surface area contributed by atoms with Crippen LogP contribution in [0.4, 0.5) is 15.8 Å². The van der Waals surface area contributed by atoms with Gasteiger partial charge in [-0.2, -0.15) is 0 Å². The molecule has 4 aromatic rings. The van der Waals surface area contributed by atoms with Gasteiger partial charge in [0.25, 0.3) is 11.8 Å². The fraction of sp³-hybridized carbons (Fsp3) is 0.172. The van der Waals surface area contributed by atoms with Crippen molar-refractivity contribution in [2.75, 3.05) is 31.4 Å². The summed E-state index contributed by atoms with van der Waals surface area (Å²) >= 11 is 0. The number of hydrogen-bond donors (Lipinski definition) is 1. The Bertz CT molecular complexity index is 1370. The molecule has 0 spiro atoms. The molecule has 0 bridgehead atoms. The number of ether oxygens (including phenoxy) is 1. The number of furan rings is 1. The molecule has 8 heteroatoms. The molecule has 0 saturated heterocycles. The minimum atomic E-state index is -0.484. The first-order valence-electron chi connectivity index (χ1n) is 11.7. The van der Waals surface area contributed by atoms with Crippen molar-refractivity contribution in [1.29, 1.82) is 0 Å². The lowest BCUT2D eigenvalue weighted by Crippen LogP contribution is -2.30. The zero-order valence-electron chi connectivity index (χ0n) is 20.9. The van der Waals surface area contributed by atoms with Crippen LogP contribution in [0.5, 0.6) is 5.75 Å². The maximum atomic E-state index is 13.6. The Labute approximate surface area is 215 Å². The largest absolute Gasteiger partial charge is 0.497 e. The zero-order valence-corrected chi connectivity index (χ0v) is 20.9. The molecule has 37 heavy (non-hydrogen) atoms. The van der Waals surface area contributed by atoms with Gasteiger partial charge in [0.15, 0.2) is 0 Å². The molecule has 0 fully saturated rings. The number of nitrogens with zero attached hydrogens (tertiary/aromatic N) is 2. The van der Waals surface area contributed by atoms with Gasteiger partial charge >= 0.3 is 0 Å². The molecular weight excluding hydrogens is 473 g/mol. The van der Waals surface area contributed by atoms with E-state index < -0.39 is 11.7 Å². The maximum Gasteiger partial charge on any atom is 0.255 e. The minimum absolute atomic E-state index is 0.182. The summed E-state index contributed by atoms with van der Waals surface area (Å²) in [6, 6.07) is 21.5. The average molecular weight is 502 g/mol. The van der Waals surface area contributed by atoms with Gasteiger partial charge in [0.1, 0.15) is 17.3 Å². The van der Waals surface area contributed by atoms with Crippen LogP contribution in [-0.4, -0.2) is 37.9 Å². The van der Waals surface area contributed by atoms with Gasteiger partial charge in [-0.05, 0) is 78.4 Å². The van der Waals surface area contributed by atoms with E-state index in [1.165, 1.54) is 18.2 Å². The van der Waals surface area contributed by atoms with Crippen molar-refractivity contribution in [2.24, 2.45) is 0 Å². The Hall–Kier alpha value is -4.59. The summed E-state index contributed by atoms with van der Waals surface area (Å²) in [6.07, 6.45) is 1.57. The molecule has 0 saturated carbocycles. The summed E-state index contributed by atoms with van der Waals surface area (Å²) in [7, 11) is 5.39. The van der Waals surface area contributed by atoms with Gasteiger partial charge in [-0.3, -0.25) is 9.59 Å². The molecule has 0 aliphatic carbocycles. The normalized spacial score (nSPS) is 10.6. The SMILES string of the molecule is COc1ccc(C(=O)N(Cc2ccco2)Cc2cc(NC(=O)c3cccc(F)c3)ccc2N(C)C)cc1. The minimum Gasteiger partial charge on any atom is -0.497 e. The van der Waals surface area contributed by atoms with Gasteiger partial charge in [0.2, 0.25) is 0 Å². The Kier molecular flexibility index (Phi) is 7.88. The Balaban J connectivity index is 1.64. The lowest BCUT2D eigenvalue weighted by atomic mass is 10.1. The Morgan fingerprint density at radius 3 is 2.35 bits per heavy atom. The summed E-state index contributed by atoms with van der Waals surface area (Å²) in [5, 5.41) is 2.82.